The van der Waals surface area contributed by atoms with Crippen molar-refractivity contribution in [3.05, 3.63) is 65.7 Å². The number of sulfonamides is 1. The summed E-state index contributed by atoms with van der Waals surface area (Å²) in [5.74, 6) is 0.258. The lowest BCUT2D eigenvalue weighted by Gasteiger charge is -2.29. The summed E-state index contributed by atoms with van der Waals surface area (Å²) in [6, 6.07) is 16.5. The molecule has 2 aromatic carbocycles. The van der Waals surface area contributed by atoms with E-state index >= 15 is 0 Å². The van der Waals surface area contributed by atoms with E-state index in [0.29, 0.717) is 38.6 Å². The first-order chi connectivity index (χ1) is 14.4. The number of benzene rings is 2. The van der Waals surface area contributed by atoms with Crippen LogP contribution in [0.25, 0.3) is 0 Å². The van der Waals surface area contributed by atoms with E-state index < -0.39 is 10.0 Å². The van der Waals surface area contributed by atoms with Crippen LogP contribution in [0.3, 0.4) is 0 Å². The van der Waals surface area contributed by atoms with Crippen LogP contribution in [0.2, 0.25) is 0 Å². The Labute approximate surface area is 179 Å². The van der Waals surface area contributed by atoms with Crippen LogP contribution in [-0.4, -0.2) is 62.9 Å². The van der Waals surface area contributed by atoms with Gasteiger partial charge in [-0.05, 0) is 35.6 Å². The van der Waals surface area contributed by atoms with Crippen molar-refractivity contribution in [1.29, 1.82) is 0 Å². The highest BCUT2D eigenvalue weighted by Gasteiger charge is 2.28. The van der Waals surface area contributed by atoms with Gasteiger partial charge in [0, 0.05) is 19.6 Å². The molecular weight excluding hydrogens is 400 g/mol. The van der Waals surface area contributed by atoms with E-state index in [4.69, 9.17) is 4.74 Å². The molecule has 0 aromatic heterocycles. The minimum absolute atomic E-state index is 0.165. The maximum absolute atomic E-state index is 13.2. The molecule has 162 valence electrons. The minimum atomic E-state index is -3.77. The molecular formula is C23H30N2O4S. The minimum Gasteiger partial charge on any atom is -0.378 e. The van der Waals surface area contributed by atoms with Gasteiger partial charge in [0.15, 0.2) is 0 Å². The lowest BCUT2D eigenvalue weighted by molar-refractivity contribution is -0.135. The summed E-state index contributed by atoms with van der Waals surface area (Å²) in [5.41, 5.74) is 2.29. The van der Waals surface area contributed by atoms with Crippen molar-refractivity contribution >= 4 is 15.9 Å². The van der Waals surface area contributed by atoms with Crippen molar-refractivity contribution in [3.63, 3.8) is 0 Å². The second-order valence-electron chi connectivity index (χ2n) is 7.79. The number of carbonyl (C=O) groups excluding carboxylic acids is 1. The molecule has 30 heavy (non-hydrogen) atoms. The molecule has 0 saturated carbocycles. The fraction of sp³-hybridized carbons (Fsp3) is 0.435. The molecule has 6 nitrogen and oxygen atoms in total. The van der Waals surface area contributed by atoms with Gasteiger partial charge in [-0.1, -0.05) is 56.3 Å². The van der Waals surface area contributed by atoms with Gasteiger partial charge in [0.2, 0.25) is 15.9 Å². The number of morpholine rings is 1. The first-order valence-corrected chi connectivity index (χ1v) is 11.8. The third-order valence-electron chi connectivity index (χ3n) is 5.35. The molecule has 1 amide bonds. The molecule has 7 heteroatoms. The second kappa shape index (κ2) is 10.2. The molecule has 0 aliphatic carbocycles. The van der Waals surface area contributed by atoms with Crippen molar-refractivity contribution in [2.24, 2.45) is 0 Å². The fourth-order valence-corrected chi connectivity index (χ4v) is 4.82. The van der Waals surface area contributed by atoms with Gasteiger partial charge in [-0.3, -0.25) is 4.79 Å². The van der Waals surface area contributed by atoms with E-state index in [0.717, 1.165) is 5.56 Å². The van der Waals surface area contributed by atoms with Gasteiger partial charge in [-0.2, -0.15) is 4.31 Å². The smallest absolute Gasteiger partial charge is 0.243 e. The Bertz CT molecular complexity index is 921. The maximum atomic E-state index is 13.2. The van der Waals surface area contributed by atoms with E-state index in [-0.39, 0.29) is 23.9 Å². The van der Waals surface area contributed by atoms with Crippen LogP contribution < -0.4 is 0 Å². The van der Waals surface area contributed by atoms with Crippen molar-refractivity contribution in [3.8, 4) is 0 Å². The molecule has 2 aromatic rings. The van der Waals surface area contributed by atoms with Gasteiger partial charge in [0.05, 0.1) is 24.7 Å². The molecule has 1 saturated heterocycles. The number of nitrogens with zero attached hydrogens (tertiary/aromatic N) is 2. The zero-order valence-corrected chi connectivity index (χ0v) is 18.5. The van der Waals surface area contributed by atoms with Crippen LogP contribution in [0, 0.1) is 0 Å². The predicted octanol–water partition coefficient (Wildman–Crippen LogP) is 2.90. The molecule has 1 heterocycles. The Morgan fingerprint density at radius 1 is 1.03 bits per heavy atom. The summed E-state index contributed by atoms with van der Waals surface area (Å²) in [7, 11) is -3.77. The highest BCUT2D eigenvalue weighted by molar-refractivity contribution is 7.89. The van der Waals surface area contributed by atoms with E-state index in [9.17, 15) is 13.2 Å². The van der Waals surface area contributed by atoms with Gasteiger partial charge in [0.1, 0.15) is 0 Å². The molecule has 0 N–H and O–H groups in total. The Kier molecular flexibility index (Phi) is 7.64. The lowest BCUT2D eigenvalue weighted by Crippen LogP contribution is -2.47. The van der Waals surface area contributed by atoms with E-state index in [1.165, 1.54) is 9.87 Å². The first kappa shape index (κ1) is 22.5. The maximum Gasteiger partial charge on any atom is 0.243 e. The van der Waals surface area contributed by atoms with Crippen molar-refractivity contribution in [2.45, 2.75) is 31.1 Å². The SMILES string of the molecule is CC(C)c1ccc(CCN(CC(=O)N2CCOCC2)S(=O)(=O)c2ccccc2)cc1. The number of hydrogen-bond acceptors (Lipinski definition) is 4. The topological polar surface area (TPSA) is 66.9 Å². The molecule has 0 unspecified atom stereocenters. The van der Waals surface area contributed by atoms with E-state index in [1.807, 2.05) is 12.1 Å². The molecule has 1 aliphatic rings. The summed E-state index contributed by atoms with van der Waals surface area (Å²) in [5, 5.41) is 0. The third-order valence-corrected chi connectivity index (χ3v) is 7.21. The zero-order valence-electron chi connectivity index (χ0n) is 17.7. The van der Waals surface area contributed by atoms with Gasteiger partial charge in [-0.25, -0.2) is 8.42 Å². The molecule has 3 rings (SSSR count). The standard InChI is InChI=1S/C23H30N2O4S/c1-19(2)21-10-8-20(9-11-21)12-13-25(18-23(26)24-14-16-29-17-15-24)30(27,28)22-6-4-3-5-7-22/h3-11,19H,12-18H2,1-2H3. The van der Waals surface area contributed by atoms with E-state index in [1.54, 1.807) is 35.2 Å². The van der Waals surface area contributed by atoms with Crippen LogP contribution in [0.15, 0.2) is 59.5 Å². The van der Waals surface area contributed by atoms with Gasteiger partial charge >= 0.3 is 0 Å². The summed E-state index contributed by atoms with van der Waals surface area (Å²) in [6.45, 7) is 6.32. The van der Waals surface area contributed by atoms with Gasteiger partial charge in [-0.15, -0.1) is 0 Å². The fourth-order valence-electron chi connectivity index (χ4n) is 3.41. The first-order valence-electron chi connectivity index (χ1n) is 10.4. The second-order valence-corrected chi connectivity index (χ2v) is 9.73. The predicted molar refractivity (Wildman–Crippen MR) is 117 cm³/mol. The Morgan fingerprint density at radius 2 is 1.67 bits per heavy atom. The average molecular weight is 431 g/mol. The Hall–Kier alpha value is -2.22. The largest absolute Gasteiger partial charge is 0.378 e. The van der Waals surface area contributed by atoms with Crippen LogP contribution in [-0.2, 0) is 26.0 Å². The average Bonchev–Trinajstić information content (AvgIpc) is 2.77. The summed E-state index contributed by atoms with van der Waals surface area (Å²) in [6.07, 6.45) is 0.542. The molecule has 0 bridgehead atoms. The van der Waals surface area contributed by atoms with Crippen LogP contribution in [0.5, 0.6) is 0 Å². The molecule has 1 aliphatic heterocycles. The number of amides is 1. The summed E-state index contributed by atoms with van der Waals surface area (Å²) in [4.78, 5) is 14.7. The molecule has 0 atom stereocenters. The highest BCUT2D eigenvalue weighted by atomic mass is 32.2. The van der Waals surface area contributed by atoms with Crippen LogP contribution >= 0.6 is 0 Å². The molecule has 1 fully saturated rings. The Morgan fingerprint density at radius 3 is 2.27 bits per heavy atom. The monoisotopic (exact) mass is 430 g/mol. The number of rotatable bonds is 8. The van der Waals surface area contributed by atoms with Crippen LogP contribution in [0.1, 0.15) is 30.9 Å². The summed E-state index contributed by atoms with van der Waals surface area (Å²) >= 11 is 0. The molecule has 0 spiro atoms. The zero-order chi connectivity index (χ0) is 21.6. The van der Waals surface area contributed by atoms with Crippen LogP contribution in [0.4, 0.5) is 0 Å². The number of carbonyl (C=O) groups is 1. The van der Waals surface area contributed by atoms with Crippen molar-refractivity contribution in [2.75, 3.05) is 39.4 Å². The number of hydrogen-bond donors (Lipinski definition) is 0. The lowest BCUT2D eigenvalue weighted by atomic mass is 10.0. The normalized spacial score (nSPS) is 15.0. The van der Waals surface area contributed by atoms with Gasteiger partial charge < -0.3 is 9.64 Å². The highest BCUT2D eigenvalue weighted by Crippen LogP contribution is 2.18. The molecule has 0 radical (unpaired) electrons. The summed E-state index contributed by atoms with van der Waals surface area (Å²) < 4.78 is 33.1. The van der Waals surface area contributed by atoms with Gasteiger partial charge in [0.25, 0.3) is 0 Å². The quantitative estimate of drug-likeness (QED) is 0.646. The Balaban J connectivity index is 1.77. The van der Waals surface area contributed by atoms with Crippen molar-refractivity contribution in [1.82, 2.24) is 9.21 Å². The van der Waals surface area contributed by atoms with E-state index in [2.05, 4.69) is 26.0 Å². The van der Waals surface area contributed by atoms with Crippen molar-refractivity contribution < 1.29 is 17.9 Å². The third kappa shape index (κ3) is 5.68. The number of ether oxygens (including phenoxy) is 1.